The number of benzene rings is 1. The van der Waals surface area contributed by atoms with Gasteiger partial charge in [0.2, 0.25) is 0 Å². The smallest absolute Gasteiger partial charge is 0.265 e. The van der Waals surface area contributed by atoms with E-state index >= 15 is 0 Å². The van der Waals surface area contributed by atoms with Crippen molar-refractivity contribution >= 4 is 21.8 Å². The molecule has 1 amide bonds. The fourth-order valence-corrected chi connectivity index (χ4v) is 3.07. The number of nitrogen functional groups attached to an aromatic ring is 1. The molecule has 104 valence electrons. The Morgan fingerprint density at radius 3 is 2.79 bits per heavy atom. The number of carbonyl (C=O) groups is 1. The molecule has 1 aliphatic rings. The zero-order valence-corrected chi connectivity index (χ0v) is 13.0. The number of nitrogens with one attached hydrogen (secondary N) is 1. The fraction of sp³-hybridized carbons (Fsp3) is 0.500. The Bertz CT molecular complexity index is 488. The van der Waals surface area contributed by atoms with Gasteiger partial charge in [-0.1, -0.05) is 22.0 Å². The van der Waals surface area contributed by atoms with Crippen LogP contribution >= 0.6 is 15.9 Å². The molecule has 0 unspecified atom stereocenters. The van der Waals surface area contributed by atoms with Crippen molar-refractivity contribution in [1.82, 2.24) is 10.3 Å². The van der Waals surface area contributed by atoms with Crippen molar-refractivity contribution < 1.29 is 4.79 Å². The maximum absolute atomic E-state index is 11.5. The SMILES string of the molecule is CC1(C)CCCN1Cc1ccc(C(=O)NN)cc1Br. The second kappa shape index (κ2) is 5.61. The van der Waals surface area contributed by atoms with Crippen LogP contribution in [0.25, 0.3) is 0 Å². The summed E-state index contributed by atoms with van der Waals surface area (Å²) in [6.07, 6.45) is 2.48. The number of nitrogens with zero attached hydrogens (tertiary/aromatic N) is 1. The highest BCUT2D eigenvalue weighted by molar-refractivity contribution is 9.10. The van der Waals surface area contributed by atoms with E-state index in [2.05, 4.69) is 40.1 Å². The molecule has 1 aliphatic heterocycles. The molecule has 0 aromatic heterocycles. The quantitative estimate of drug-likeness (QED) is 0.509. The molecule has 3 N–H and O–H groups in total. The van der Waals surface area contributed by atoms with Crippen molar-refractivity contribution in [1.29, 1.82) is 0 Å². The molecule has 1 fully saturated rings. The molecular formula is C14H20BrN3O. The predicted molar refractivity (Wildman–Crippen MR) is 79.5 cm³/mol. The molecule has 0 atom stereocenters. The highest BCUT2D eigenvalue weighted by Crippen LogP contribution is 2.31. The van der Waals surface area contributed by atoms with Crippen LogP contribution in [0.2, 0.25) is 0 Å². The lowest BCUT2D eigenvalue weighted by molar-refractivity contribution is 0.0953. The summed E-state index contributed by atoms with van der Waals surface area (Å²) in [6, 6.07) is 5.62. The first-order chi connectivity index (χ1) is 8.94. The number of rotatable bonds is 3. The van der Waals surface area contributed by atoms with E-state index in [1.165, 1.54) is 18.4 Å². The summed E-state index contributed by atoms with van der Waals surface area (Å²) in [7, 11) is 0. The molecular weight excluding hydrogens is 306 g/mol. The number of carbonyl (C=O) groups excluding carboxylic acids is 1. The second-order valence-electron chi connectivity index (χ2n) is 5.62. The lowest BCUT2D eigenvalue weighted by atomic mass is 10.0. The van der Waals surface area contributed by atoms with Gasteiger partial charge in [0, 0.05) is 22.1 Å². The van der Waals surface area contributed by atoms with Gasteiger partial charge in [0.15, 0.2) is 0 Å². The highest BCUT2D eigenvalue weighted by atomic mass is 79.9. The van der Waals surface area contributed by atoms with Crippen molar-refractivity contribution in [3.63, 3.8) is 0 Å². The van der Waals surface area contributed by atoms with Crippen LogP contribution in [0.4, 0.5) is 0 Å². The van der Waals surface area contributed by atoms with Crippen molar-refractivity contribution in [2.24, 2.45) is 5.84 Å². The zero-order valence-electron chi connectivity index (χ0n) is 11.4. The van der Waals surface area contributed by atoms with Crippen LogP contribution in [0.3, 0.4) is 0 Å². The Morgan fingerprint density at radius 2 is 2.26 bits per heavy atom. The summed E-state index contributed by atoms with van der Waals surface area (Å²) >= 11 is 3.54. The van der Waals surface area contributed by atoms with Crippen molar-refractivity contribution in [3.8, 4) is 0 Å². The van der Waals surface area contributed by atoms with E-state index in [1.807, 2.05) is 18.2 Å². The molecule has 2 rings (SSSR count). The summed E-state index contributed by atoms with van der Waals surface area (Å²) in [4.78, 5) is 13.9. The van der Waals surface area contributed by atoms with E-state index in [0.717, 1.165) is 17.6 Å². The van der Waals surface area contributed by atoms with Crippen LogP contribution in [0.15, 0.2) is 22.7 Å². The number of hydrazine groups is 1. The molecule has 1 aromatic carbocycles. The molecule has 0 aliphatic carbocycles. The monoisotopic (exact) mass is 325 g/mol. The molecule has 5 heteroatoms. The second-order valence-corrected chi connectivity index (χ2v) is 6.47. The third-order valence-corrected chi connectivity index (χ3v) is 4.62. The Kier molecular flexibility index (Phi) is 4.28. The van der Waals surface area contributed by atoms with E-state index in [9.17, 15) is 4.79 Å². The Balaban J connectivity index is 2.16. The van der Waals surface area contributed by atoms with Gasteiger partial charge in [-0.05, 0) is 50.9 Å². The lowest BCUT2D eigenvalue weighted by Gasteiger charge is -2.31. The summed E-state index contributed by atoms with van der Waals surface area (Å²) in [6.45, 7) is 6.59. The van der Waals surface area contributed by atoms with Crippen molar-refractivity contribution in [2.75, 3.05) is 6.54 Å². The molecule has 1 saturated heterocycles. The fourth-order valence-electron chi connectivity index (χ4n) is 2.56. The maximum atomic E-state index is 11.5. The number of amides is 1. The zero-order chi connectivity index (χ0) is 14.0. The van der Waals surface area contributed by atoms with Crippen LogP contribution in [0.1, 0.15) is 42.6 Å². The summed E-state index contributed by atoms with van der Waals surface area (Å²) in [5, 5.41) is 0. The van der Waals surface area contributed by atoms with Gasteiger partial charge < -0.3 is 0 Å². The molecule has 0 bridgehead atoms. The van der Waals surface area contributed by atoms with E-state index in [4.69, 9.17) is 5.84 Å². The average molecular weight is 326 g/mol. The van der Waals surface area contributed by atoms with E-state index in [1.54, 1.807) is 0 Å². The average Bonchev–Trinajstić information content (AvgIpc) is 2.70. The number of nitrogens with two attached hydrogens (primary N) is 1. The first-order valence-electron chi connectivity index (χ1n) is 6.48. The molecule has 1 aromatic rings. The topological polar surface area (TPSA) is 58.4 Å². The molecule has 0 saturated carbocycles. The maximum Gasteiger partial charge on any atom is 0.265 e. The third-order valence-electron chi connectivity index (χ3n) is 3.88. The van der Waals surface area contributed by atoms with Gasteiger partial charge in [-0.2, -0.15) is 0 Å². The molecule has 0 radical (unpaired) electrons. The van der Waals surface area contributed by atoms with Gasteiger partial charge in [0.25, 0.3) is 5.91 Å². The minimum Gasteiger partial charge on any atom is -0.294 e. The first-order valence-corrected chi connectivity index (χ1v) is 7.28. The summed E-state index contributed by atoms with van der Waals surface area (Å²) in [5.74, 6) is 4.87. The highest BCUT2D eigenvalue weighted by Gasteiger charge is 2.31. The van der Waals surface area contributed by atoms with Crippen LogP contribution < -0.4 is 11.3 Å². The Labute approximate surface area is 122 Å². The largest absolute Gasteiger partial charge is 0.294 e. The van der Waals surface area contributed by atoms with Crippen LogP contribution in [0, 0.1) is 0 Å². The molecule has 0 spiro atoms. The minimum atomic E-state index is -0.270. The van der Waals surface area contributed by atoms with Gasteiger partial charge in [0.05, 0.1) is 0 Å². The van der Waals surface area contributed by atoms with E-state index < -0.39 is 0 Å². The van der Waals surface area contributed by atoms with Crippen molar-refractivity contribution in [2.45, 2.75) is 38.8 Å². The van der Waals surface area contributed by atoms with Gasteiger partial charge in [-0.3, -0.25) is 15.1 Å². The molecule has 4 nitrogen and oxygen atoms in total. The van der Waals surface area contributed by atoms with Crippen molar-refractivity contribution in [3.05, 3.63) is 33.8 Å². The van der Waals surface area contributed by atoms with Gasteiger partial charge in [-0.25, -0.2) is 5.84 Å². The van der Waals surface area contributed by atoms with Gasteiger partial charge in [-0.15, -0.1) is 0 Å². The first kappa shape index (κ1) is 14.5. The van der Waals surface area contributed by atoms with E-state index in [0.29, 0.717) is 5.56 Å². The summed E-state index contributed by atoms with van der Waals surface area (Å²) < 4.78 is 0.955. The van der Waals surface area contributed by atoms with Crippen LogP contribution in [-0.4, -0.2) is 22.9 Å². The van der Waals surface area contributed by atoms with Gasteiger partial charge in [0.1, 0.15) is 0 Å². The molecule has 1 heterocycles. The third kappa shape index (κ3) is 3.16. The molecule has 19 heavy (non-hydrogen) atoms. The summed E-state index contributed by atoms with van der Waals surface area (Å²) in [5.41, 5.74) is 4.17. The standard InChI is InChI=1S/C14H20BrN3O/c1-14(2)6-3-7-18(14)9-11-5-4-10(8-12(11)15)13(19)17-16/h4-5,8H,3,6-7,9,16H2,1-2H3,(H,17,19). The number of halogens is 1. The van der Waals surface area contributed by atoms with Crippen LogP contribution in [-0.2, 0) is 6.54 Å². The normalized spacial score (nSPS) is 18.5. The number of likely N-dealkylation sites (tertiary alicyclic amines) is 1. The van der Waals surface area contributed by atoms with E-state index in [-0.39, 0.29) is 11.4 Å². The Morgan fingerprint density at radius 1 is 1.53 bits per heavy atom. The Hall–Kier alpha value is -0.910. The number of hydrogen-bond donors (Lipinski definition) is 2. The number of hydrogen-bond acceptors (Lipinski definition) is 3. The van der Waals surface area contributed by atoms with Crippen LogP contribution in [0.5, 0.6) is 0 Å². The minimum absolute atomic E-state index is 0.257. The van der Waals surface area contributed by atoms with Gasteiger partial charge >= 0.3 is 0 Å². The lowest BCUT2D eigenvalue weighted by Crippen LogP contribution is -2.37. The predicted octanol–water partition coefficient (Wildman–Crippen LogP) is 2.43.